The van der Waals surface area contributed by atoms with E-state index in [1.165, 1.54) is 0 Å². The van der Waals surface area contributed by atoms with Gasteiger partial charge in [-0.3, -0.25) is 4.99 Å². The third kappa shape index (κ3) is 5.07. The molecule has 0 radical (unpaired) electrons. The molecule has 0 aliphatic heterocycles. The van der Waals surface area contributed by atoms with Crippen molar-refractivity contribution in [3.05, 3.63) is 59.9 Å². The number of nitrogens with one attached hydrogen (secondary N) is 1. The first-order valence-electron chi connectivity index (χ1n) is 8.81. The van der Waals surface area contributed by atoms with E-state index < -0.39 is 0 Å². The second-order valence-corrected chi connectivity index (χ2v) is 5.94. The van der Waals surface area contributed by atoms with Crippen molar-refractivity contribution >= 4 is 11.6 Å². The fraction of sp³-hybridized carbons (Fsp3) is 0.250. The monoisotopic (exact) mass is 365 g/mol. The molecular formula is C20H23N5O2. The second-order valence-electron chi connectivity index (χ2n) is 5.94. The van der Waals surface area contributed by atoms with Gasteiger partial charge < -0.3 is 20.3 Å². The van der Waals surface area contributed by atoms with E-state index in [1.807, 2.05) is 55.5 Å². The maximum Gasteiger partial charge on any atom is 0.257 e. The zero-order valence-electron chi connectivity index (χ0n) is 15.5. The van der Waals surface area contributed by atoms with Gasteiger partial charge in [-0.1, -0.05) is 30.3 Å². The van der Waals surface area contributed by atoms with Gasteiger partial charge in [0.2, 0.25) is 0 Å². The summed E-state index contributed by atoms with van der Waals surface area (Å²) in [5.74, 6) is 2.39. The summed E-state index contributed by atoms with van der Waals surface area (Å²) in [6.45, 7) is 2.58. The van der Waals surface area contributed by atoms with Crippen molar-refractivity contribution in [1.82, 2.24) is 10.1 Å². The predicted octanol–water partition coefficient (Wildman–Crippen LogP) is 3.28. The number of guanidine groups is 1. The molecule has 140 valence electrons. The van der Waals surface area contributed by atoms with Crippen molar-refractivity contribution in [3.8, 4) is 17.2 Å². The normalized spacial score (nSPS) is 11.4. The number of anilines is 1. The first kappa shape index (κ1) is 18.4. The number of nitrogens with zero attached hydrogens (tertiary/aromatic N) is 3. The Morgan fingerprint density at radius 2 is 2.04 bits per heavy atom. The Labute approximate surface area is 158 Å². The van der Waals surface area contributed by atoms with Crippen molar-refractivity contribution in [1.29, 1.82) is 0 Å². The number of aliphatic imine (C=N–C) groups is 1. The predicted molar refractivity (Wildman–Crippen MR) is 106 cm³/mol. The first-order valence-corrected chi connectivity index (χ1v) is 8.81. The number of hydrogen-bond acceptors (Lipinski definition) is 5. The molecule has 3 N–H and O–H groups in total. The van der Waals surface area contributed by atoms with Gasteiger partial charge in [-0.2, -0.15) is 4.98 Å². The van der Waals surface area contributed by atoms with Crippen LogP contribution in [0, 0.1) is 0 Å². The Hall–Kier alpha value is -3.35. The smallest absolute Gasteiger partial charge is 0.257 e. The average Bonchev–Trinajstić information content (AvgIpc) is 3.18. The third-order valence-corrected chi connectivity index (χ3v) is 4.01. The lowest BCUT2D eigenvalue weighted by molar-refractivity contribution is 0.415. The van der Waals surface area contributed by atoms with Crippen LogP contribution < -0.4 is 15.8 Å². The van der Waals surface area contributed by atoms with Crippen LogP contribution in [0.25, 0.3) is 11.5 Å². The van der Waals surface area contributed by atoms with Crippen LogP contribution in [-0.4, -0.2) is 29.8 Å². The van der Waals surface area contributed by atoms with Crippen molar-refractivity contribution in [2.45, 2.75) is 19.8 Å². The van der Waals surface area contributed by atoms with E-state index in [0.717, 1.165) is 35.4 Å². The quantitative estimate of drug-likeness (QED) is 0.492. The molecule has 1 heterocycles. The standard InChI is InChI=1S/C20H23N5O2/c1-3-18-24-19(27-25-18)15-9-7-14(8-10-15)11-12-22-20(21)23-16-5-4-6-17(13-16)26-2/h4-10,13H,3,11-12H2,1-2H3,(H3,21,22,23). The highest BCUT2D eigenvalue weighted by atomic mass is 16.5. The highest BCUT2D eigenvalue weighted by Crippen LogP contribution is 2.18. The summed E-state index contributed by atoms with van der Waals surface area (Å²) in [5.41, 5.74) is 8.86. The molecule has 0 aliphatic rings. The molecule has 27 heavy (non-hydrogen) atoms. The van der Waals surface area contributed by atoms with Crippen LogP contribution >= 0.6 is 0 Å². The van der Waals surface area contributed by atoms with E-state index in [2.05, 4.69) is 20.4 Å². The van der Waals surface area contributed by atoms with Crippen molar-refractivity contribution in [2.24, 2.45) is 10.7 Å². The number of nitrogens with two attached hydrogens (primary N) is 1. The maximum atomic E-state index is 5.95. The van der Waals surface area contributed by atoms with Crippen LogP contribution in [0.15, 0.2) is 58.0 Å². The number of aromatic nitrogens is 2. The largest absolute Gasteiger partial charge is 0.497 e. The lowest BCUT2D eigenvalue weighted by Crippen LogP contribution is -2.23. The number of ether oxygens (including phenoxy) is 1. The number of benzene rings is 2. The van der Waals surface area contributed by atoms with Gasteiger partial charge in [0.25, 0.3) is 5.89 Å². The van der Waals surface area contributed by atoms with E-state index in [1.54, 1.807) is 7.11 Å². The molecule has 0 spiro atoms. The van der Waals surface area contributed by atoms with Gasteiger partial charge in [-0.25, -0.2) is 0 Å². The van der Waals surface area contributed by atoms with Crippen LogP contribution in [0.2, 0.25) is 0 Å². The topological polar surface area (TPSA) is 98.6 Å². The summed E-state index contributed by atoms with van der Waals surface area (Å²) in [6.07, 6.45) is 1.54. The third-order valence-electron chi connectivity index (χ3n) is 4.01. The summed E-state index contributed by atoms with van der Waals surface area (Å²) >= 11 is 0. The molecule has 0 atom stereocenters. The Balaban J connectivity index is 1.54. The molecule has 0 amide bonds. The number of hydrogen-bond donors (Lipinski definition) is 2. The van der Waals surface area contributed by atoms with Gasteiger partial charge in [-0.15, -0.1) is 0 Å². The second kappa shape index (κ2) is 8.84. The molecule has 3 aromatic rings. The molecular weight excluding hydrogens is 342 g/mol. The molecule has 2 aromatic carbocycles. The van der Waals surface area contributed by atoms with Gasteiger partial charge in [0.1, 0.15) is 5.75 Å². The summed E-state index contributed by atoms with van der Waals surface area (Å²) in [6, 6.07) is 15.6. The van der Waals surface area contributed by atoms with E-state index in [-0.39, 0.29) is 0 Å². The average molecular weight is 365 g/mol. The molecule has 0 saturated heterocycles. The van der Waals surface area contributed by atoms with E-state index >= 15 is 0 Å². The Bertz CT molecular complexity index is 903. The van der Waals surface area contributed by atoms with Gasteiger partial charge in [0, 0.05) is 30.3 Å². The minimum atomic E-state index is 0.373. The fourth-order valence-electron chi connectivity index (χ4n) is 2.52. The van der Waals surface area contributed by atoms with E-state index in [4.69, 9.17) is 15.0 Å². The fourth-order valence-corrected chi connectivity index (χ4v) is 2.52. The van der Waals surface area contributed by atoms with Crippen LogP contribution in [0.4, 0.5) is 5.69 Å². The van der Waals surface area contributed by atoms with E-state index in [9.17, 15) is 0 Å². The van der Waals surface area contributed by atoms with Crippen molar-refractivity contribution < 1.29 is 9.26 Å². The van der Waals surface area contributed by atoms with Crippen molar-refractivity contribution in [2.75, 3.05) is 19.0 Å². The molecule has 0 fully saturated rings. The molecule has 0 unspecified atom stereocenters. The Morgan fingerprint density at radius 1 is 1.22 bits per heavy atom. The molecule has 0 saturated carbocycles. The summed E-state index contributed by atoms with van der Waals surface area (Å²) in [4.78, 5) is 8.70. The van der Waals surface area contributed by atoms with Crippen molar-refractivity contribution in [3.63, 3.8) is 0 Å². The highest BCUT2D eigenvalue weighted by Gasteiger charge is 2.07. The first-order chi connectivity index (χ1) is 13.2. The molecule has 3 rings (SSSR count). The number of aryl methyl sites for hydroxylation is 1. The van der Waals surface area contributed by atoms with Crippen LogP contribution in [0.3, 0.4) is 0 Å². The maximum absolute atomic E-state index is 5.95. The lowest BCUT2D eigenvalue weighted by atomic mass is 10.1. The number of methoxy groups -OCH3 is 1. The SMILES string of the molecule is CCc1noc(-c2ccc(CCN=C(N)Nc3cccc(OC)c3)cc2)n1. The minimum absolute atomic E-state index is 0.373. The molecule has 0 bridgehead atoms. The number of rotatable bonds is 7. The summed E-state index contributed by atoms with van der Waals surface area (Å²) in [7, 11) is 1.63. The zero-order valence-corrected chi connectivity index (χ0v) is 15.5. The summed E-state index contributed by atoms with van der Waals surface area (Å²) < 4.78 is 10.4. The molecule has 1 aromatic heterocycles. The molecule has 7 nitrogen and oxygen atoms in total. The molecule has 0 aliphatic carbocycles. The van der Waals surface area contributed by atoms with Gasteiger partial charge in [-0.05, 0) is 36.2 Å². The Morgan fingerprint density at radius 3 is 2.74 bits per heavy atom. The molecule has 7 heteroatoms. The zero-order chi connectivity index (χ0) is 19.1. The highest BCUT2D eigenvalue weighted by molar-refractivity contribution is 5.92. The Kier molecular flexibility index (Phi) is 6.04. The van der Waals surface area contributed by atoms with Gasteiger partial charge in [0.15, 0.2) is 11.8 Å². The van der Waals surface area contributed by atoms with Gasteiger partial charge in [0.05, 0.1) is 7.11 Å². The van der Waals surface area contributed by atoms with Crippen LogP contribution in [-0.2, 0) is 12.8 Å². The minimum Gasteiger partial charge on any atom is -0.497 e. The van der Waals surface area contributed by atoms with Crippen LogP contribution in [0.5, 0.6) is 5.75 Å². The van der Waals surface area contributed by atoms with Crippen LogP contribution in [0.1, 0.15) is 18.3 Å². The lowest BCUT2D eigenvalue weighted by Gasteiger charge is -2.07. The summed E-state index contributed by atoms with van der Waals surface area (Å²) in [5, 5.41) is 6.98. The van der Waals surface area contributed by atoms with Gasteiger partial charge >= 0.3 is 0 Å². The van der Waals surface area contributed by atoms with E-state index in [0.29, 0.717) is 24.2 Å².